The maximum absolute atomic E-state index is 13.2. The van der Waals surface area contributed by atoms with E-state index in [1.54, 1.807) is 0 Å². The lowest BCUT2D eigenvalue weighted by atomic mass is 9.87. The standard InChI is InChI=1S/C20H25F2N/c1-3-23(4-2)15-5-6-20(16-7-11-18(21)12-8-16)17-9-13-19(22)14-10-17/h7-14,20H,3-6,15H2,1-2H3. The highest BCUT2D eigenvalue weighted by Gasteiger charge is 2.15. The average Bonchev–Trinajstić information content (AvgIpc) is 2.57. The summed E-state index contributed by atoms with van der Waals surface area (Å²) < 4.78 is 26.4. The van der Waals surface area contributed by atoms with Crippen molar-refractivity contribution in [3.8, 4) is 0 Å². The maximum Gasteiger partial charge on any atom is 0.123 e. The number of nitrogens with zero attached hydrogens (tertiary/aromatic N) is 1. The minimum atomic E-state index is -0.227. The number of hydrogen-bond acceptors (Lipinski definition) is 1. The van der Waals surface area contributed by atoms with E-state index < -0.39 is 0 Å². The molecule has 2 aromatic carbocycles. The Morgan fingerprint density at radius 3 is 1.61 bits per heavy atom. The molecule has 0 fully saturated rings. The Morgan fingerprint density at radius 2 is 1.22 bits per heavy atom. The number of halogens is 2. The Balaban J connectivity index is 2.14. The molecule has 0 aliphatic heterocycles. The van der Waals surface area contributed by atoms with Crippen LogP contribution in [0.1, 0.15) is 43.7 Å². The van der Waals surface area contributed by atoms with Gasteiger partial charge in [0.1, 0.15) is 11.6 Å². The summed E-state index contributed by atoms with van der Waals surface area (Å²) in [6, 6.07) is 13.3. The minimum Gasteiger partial charge on any atom is -0.304 e. The van der Waals surface area contributed by atoms with Gasteiger partial charge in [-0.1, -0.05) is 38.1 Å². The van der Waals surface area contributed by atoms with Gasteiger partial charge in [-0.2, -0.15) is 0 Å². The van der Waals surface area contributed by atoms with E-state index in [1.807, 2.05) is 24.3 Å². The number of hydrogen-bond donors (Lipinski definition) is 0. The van der Waals surface area contributed by atoms with Crippen molar-refractivity contribution in [1.82, 2.24) is 4.90 Å². The van der Waals surface area contributed by atoms with E-state index in [-0.39, 0.29) is 17.6 Å². The van der Waals surface area contributed by atoms with E-state index in [0.29, 0.717) is 0 Å². The van der Waals surface area contributed by atoms with E-state index in [9.17, 15) is 8.78 Å². The molecule has 2 rings (SSSR count). The second-order valence-corrected chi connectivity index (χ2v) is 5.82. The minimum absolute atomic E-state index is 0.173. The van der Waals surface area contributed by atoms with E-state index in [2.05, 4.69) is 18.7 Å². The van der Waals surface area contributed by atoms with Crippen LogP contribution in [0.3, 0.4) is 0 Å². The highest BCUT2D eigenvalue weighted by atomic mass is 19.1. The predicted molar refractivity (Wildman–Crippen MR) is 91.7 cm³/mol. The Kier molecular flexibility index (Phi) is 6.72. The van der Waals surface area contributed by atoms with Crippen LogP contribution in [0.4, 0.5) is 8.78 Å². The SMILES string of the molecule is CCN(CC)CCCC(c1ccc(F)cc1)c1ccc(F)cc1. The summed E-state index contributed by atoms with van der Waals surface area (Å²) in [5.74, 6) is -0.281. The molecule has 0 amide bonds. The van der Waals surface area contributed by atoms with Crippen molar-refractivity contribution < 1.29 is 8.78 Å². The van der Waals surface area contributed by atoms with Gasteiger partial charge in [0.2, 0.25) is 0 Å². The Labute approximate surface area is 137 Å². The Hall–Kier alpha value is -1.74. The van der Waals surface area contributed by atoms with Crippen molar-refractivity contribution in [3.63, 3.8) is 0 Å². The molecule has 124 valence electrons. The van der Waals surface area contributed by atoms with E-state index in [1.165, 1.54) is 24.3 Å². The molecule has 2 aromatic rings. The largest absolute Gasteiger partial charge is 0.304 e. The Morgan fingerprint density at radius 1 is 0.783 bits per heavy atom. The lowest BCUT2D eigenvalue weighted by Crippen LogP contribution is -2.24. The van der Waals surface area contributed by atoms with Crippen LogP contribution >= 0.6 is 0 Å². The van der Waals surface area contributed by atoms with Crippen molar-refractivity contribution in [2.45, 2.75) is 32.6 Å². The molecule has 23 heavy (non-hydrogen) atoms. The van der Waals surface area contributed by atoms with Gasteiger partial charge in [0.15, 0.2) is 0 Å². The third-order valence-electron chi connectivity index (χ3n) is 4.41. The van der Waals surface area contributed by atoms with E-state index >= 15 is 0 Å². The monoisotopic (exact) mass is 317 g/mol. The first kappa shape index (κ1) is 17.6. The summed E-state index contributed by atoms with van der Waals surface area (Å²) in [6.45, 7) is 7.48. The molecule has 0 spiro atoms. The van der Waals surface area contributed by atoms with Crippen molar-refractivity contribution in [2.75, 3.05) is 19.6 Å². The van der Waals surface area contributed by atoms with Crippen LogP contribution < -0.4 is 0 Å². The first-order chi connectivity index (χ1) is 11.1. The molecule has 0 N–H and O–H groups in total. The zero-order chi connectivity index (χ0) is 16.7. The Bertz CT molecular complexity index is 528. The molecule has 0 radical (unpaired) electrons. The third kappa shape index (κ3) is 5.14. The van der Waals surface area contributed by atoms with Gasteiger partial charge < -0.3 is 4.90 Å². The molecule has 0 aliphatic carbocycles. The third-order valence-corrected chi connectivity index (χ3v) is 4.41. The molecule has 0 saturated carbocycles. The lowest BCUT2D eigenvalue weighted by molar-refractivity contribution is 0.295. The average molecular weight is 317 g/mol. The summed E-state index contributed by atoms with van der Waals surface area (Å²) in [4.78, 5) is 2.40. The van der Waals surface area contributed by atoms with Crippen LogP contribution in [0.15, 0.2) is 48.5 Å². The summed E-state index contributed by atoms with van der Waals surface area (Å²) in [6.07, 6.45) is 2.02. The van der Waals surface area contributed by atoms with Gasteiger partial charge in [-0.05, 0) is 67.9 Å². The molecular formula is C20H25F2N. The molecule has 0 aromatic heterocycles. The molecule has 0 bridgehead atoms. The van der Waals surface area contributed by atoms with Crippen molar-refractivity contribution >= 4 is 0 Å². The molecule has 0 saturated heterocycles. The van der Waals surface area contributed by atoms with Gasteiger partial charge in [-0.15, -0.1) is 0 Å². The van der Waals surface area contributed by atoms with Gasteiger partial charge in [0.05, 0.1) is 0 Å². The predicted octanol–water partition coefficient (Wildman–Crippen LogP) is 5.22. The molecular weight excluding hydrogens is 292 g/mol. The second kappa shape index (κ2) is 8.78. The summed E-state index contributed by atoms with van der Waals surface area (Å²) in [5.41, 5.74) is 2.16. The normalized spacial score (nSPS) is 11.4. The lowest BCUT2D eigenvalue weighted by Gasteiger charge is -2.22. The van der Waals surface area contributed by atoms with Crippen LogP contribution in [-0.2, 0) is 0 Å². The highest BCUT2D eigenvalue weighted by molar-refractivity contribution is 5.32. The molecule has 0 unspecified atom stereocenters. The van der Waals surface area contributed by atoms with Crippen LogP contribution in [0, 0.1) is 11.6 Å². The van der Waals surface area contributed by atoms with E-state index in [4.69, 9.17) is 0 Å². The molecule has 1 nitrogen and oxygen atoms in total. The van der Waals surface area contributed by atoms with Gasteiger partial charge in [-0.25, -0.2) is 8.78 Å². The van der Waals surface area contributed by atoms with Crippen molar-refractivity contribution in [3.05, 3.63) is 71.3 Å². The fourth-order valence-electron chi connectivity index (χ4n) is 2.97. The molecule has 0 aliphatic rings. The summed E-state index contributed by atoms with van der Waals surface area (Å²) in [5, 5.41) is 0. The smallest absolute Gasteiger partial charge is 0.123 e. The van der Waals surface area contributed by atoms with Crippen LogP contribution in [0.2, 0.25) is 0 Å². The van der Waals surface area contributed by atoms with Crippen LogP contribution in [0.25, 0.3) is 0 Å². The molecule has 0 heterocycles. The topological polar surface area (TPSA) is 3.24 Å². The number of benzene rings is 2. The fraction of sp³-hybridized carbons (Fsp3) is 0.400. The first-order valence-electron chi connectivity index (χ1n) is 8.37. The summed E-state index contributed by atoms with van der Waals surface area (Å²) in [7, 11) is 0. The highest BCUT2D eigenvalue weighted by Crippen LogP contribution is 2.29. The van der Waals surface area contributed by atoms with Gasteiger partial charge in [-0.3, -0.25) is 0 Å². The molecule has 3 heteroatoms. The van der Waals surface area contributed by atoms with Crippen LogP contribution in [-0.4, -0.2) is 24.5 Å². The number of rotatable bonds is 8. The van der Waals surface area contributed by atoms with Crippen molar-refractivity contribution in [1.29, 1.82) is 0 Å². The van der Waals surface area contributed by atoms with Crippen LogP contribution in [0.5, 0.6) is 0 Å². The second-order valence-electron chi connectivity index (χ2n) is 5.82. The van der Waals surface area contributed by atoms with Crippen molar-refractivity contribution in [2.24, 2.45) is 0 Å². The first-order valence-corrected chi connectivity index (χ1v) is 8.37. The van der Waals surface area contributed by atoms with Gasteiger partial charge in [0.25, 0.3) is 0 Å². The van der Waals surface area contributed by atoms with E-state index in [0.717, 1.165) is 43.6 Å². The zero-order valence-electron chi connectivity index (χ0n) is 13.9. The zero-order valence-corrected chi connectivity index (χ0v) is 13.9. The van der Waals surface area contributed by atoms with Gasteiger partial charge in [0, 0.05) is 5.92 Å². The molecule has 0 atom stereocenters. The maximum atomic E-state index is 13.2. The quantitative estimate of drug-likeness (QED) is 0.645. The fourth-order valence-corrected chi connectivity index (χ4v) is 2.97. The summed E-state index contributed by atoms with van der Waals surface area (Å²) >= 11 is 0. The van der Waals surface area contributed by atoms with Gasteiger partial charge >= 0.3 is 0 Å².